The second-order valence-corrected chi connectivity index (χ2v) is 6.88. The number of carbonyl (C=O) groups is 1. The number of nitrogens with zero attached hydrogens (tertiary/aromatic N) is 1. The van der Waals surface area contributed by atoms with Crippen LogP contribution in [0.4, 0.5) is 11.4 Å². The lowest BCUT2D eigenvalue weighted by Crippen LogP contribution is -2.37. The van der Waals surface area contributed by atoms with E-state index in [1.54, 1.807) is 0 Å². The minimum atomic E-state index is -0.776. The number of benzene rings is 2. The van der Waals surface area contributed by atoms with Gasteiger partial charge in [0.1, 0.15) is 11.5 Å². The maximum absolute atomic E-state index is 12.9. The Balaban J connectivity index is 1.89. The number of carbonyl (C=O) groups excluding carboxylic acids is 1. The number of halogens is 1. The van der Waals surface area contributed by atoms with Gasteiger partial charge in [0.2, 0.25) is 11.8 Å². The summed E-state index contributed by atoms with van der Waals surface area (Å²) in [7, 11) is 0. The van der Waals surface area contributed by atoms with Crippen molar-refractivity contribution in [1.29, 1.82) is 0 Å². The Morgan fingerprint density at radius 1 is 1.21 bits per heavy atom. The molecule has 0 radical (unpaired) electrons. The van der Waals surface area contributed by atoms with E-state index >= 15 is 0 Å². The Hall–Kier alpha value is -1.89. The van der Waals surface area contributed by atoms with Crippen LogP contribution in [0.2, 0.25) is 0 Å². The van der Waals surface area contributed by atoms with Crippen molar-refractivity contribution in [3.05, 3.63) is 60.7 Å². The van der Waals surface area contributed by atoms with Crippen LogP contribution in [-0.4, -0.2) is 22.3 Å². The molecule has 2 atom stereocenters. The zero-order valence-electron chi connectivity index (χ0n) is 13.4. The molecular weight excluding hydrogens is 415 g/mol. The molecule has 1 amide bonds. The van der Waals surface area contributed by atoms with Gasteiger partial charge in [0.15, 0.2) is 0 Å². The highest BCUT2D eigenvalue weighted by molar-refractivity contribution is 14.1. The fourth-order valence-corrected chi connectivity index (χ4v) is 3.20. The van der Waals surface area contributed by atoms with Gasteiger partial charge in [-0.2, -0.15) is 0 Å². The van der Waals surface area contributed by atoms with Gasteiger partial charge < -0.3 is 10.1 Å². The normalized spacial score (nSPS) is 24.6. The molecule has 1 saturated heterocycles. The average molecular weight is 434 g/mol. The van der Waals surface area contributed by atoms with Gasteiger partial charge in [-0.25, -0.2) is 4.99 Å². The smallest absolute Gasteiger partial charge is 0.239 e. The summed E-state index contributed by atoms with van der Waals surface area (Å²) < 4.78 is 6.79. The highest BCUT2D eigenvalue weighted by atomic mass is 127. The number of anilines is 1. The monoisotopic (exact) mass is 434 g/mol. The van der Waals surface area contributed by atoms with Crippen molar-refractivity contribution in [2.75, 3.05) is 9.74 Å². The lowest BCUT2D eigenvalue weighted by atomic mass is 9.85. The van der Waals surface area contributed by atoms with Crippen molar-refractivity contribution >= 4 is 45.8 Å². The first kappa shape index (κ1) is 17.0. The molecule has 1 heterocycles. The quantitative estimate of drug-likeness (QED) is 0.566. The molecule has 1 N–H and O–H groups in total. The van der Waals surface area contributed by atoms with E-state index in [1.165, 1.54) is 0 Å². The Morgan fingerprint density at radius 3 is 2.46 bits per heavy atom. The summed E-state index contributed by atoms with van der Waals surface area (Å²) in [5.74, 6) is 0.402. The third-order valence-corrected chi connectivity index (χ3v) is 5.06. The van der Waals surface area contributed by atoms with E-state index in [2.05, 4.69) is 32.9 Å². The molecule has 0 unspecified atom stereocenters. The van der Waals surface area contributed by atoms with Crippen LogP contribution < -0.4 is 5.32 Å². The van der Waals surface area contributed by atoms with Crippen molar-refractivity contribution in [3.8, 4) is 0 Å². The number of hydrogen-bond acceptors (Lipinski definition) is 3. The fourth-order valence-electron chi connectivity index (χ4n) is 2.71. The maximum Gasteiger partial charge on any atom is 0.239 e. The lowest BCUT2D eigenvalue weighted by molar-refractivity contribution is -0.121. The van der Waals surface area contributed by atoms with E-state index in [0.29, 0.717) is 12.3 Å². The summed E-state index contributed by atoms with van der Waals surface area (Å²) >= 11 is 2.28. The van der Waals surface area contributed by atoms with E-state index in [1.807, 2.05) is 67.6 Å². The van der Waals surface area contributed by atoms with E-state index in [-0.39, 0.29) is 12.0 Å². The molecule has 124 valence electrons. The van der Waals surface area contributed by atoms with Gasteiger partial charge in [0, 0.05) is 16.5 Å². The number of hydrogen-bond donors (Lipinski definition) is 1. The second-order valence-electron chi connectivity index (χ2n) is 6.00. The molecule has 24 heavy (non-hydrogen) atoms. The van der Waals surface area contributed by atoms with Crippen molar-refractivity contribution < 1.29 is 9.53 Å². The molecule has 0 aliphatic carbocycles. The summed E-state index contributed by atoms with van der Waals surface area (Å²) in [5.41, 5.74) is 0.794. The number of amides is 1. The van der Waals surface area contributed by atoms with Gasteiger partial charge in [-0.3, -0.25) is 4.79 Å². The number of aliphatic imine (C=N–C) groups is 1. The van der Waals surface area contributed by atoms with Crippen LogP contribution in [0.5, 0.6) is 0 Å². The van der Waals surface area contributed by atoms with Crippen LogP contribution in [0, 0.1) is 5.41 Å². The topological polar surface area (TPSA) is 50.7 Å². The zero-order chi connectivity index (χ0) is 17.0. The van der Waals surface area contributed by atoms with Gasteiger partial charge in [-0.1, -0.05) is 59.0 Å². The molecule has 0 aromatic heterocycles. The molecule has 5 heteroatoms. The van der Waals surface area contributed by atoms with Gasteiger partial charge in [-0.05, 0) is 31.2 Å². The second kappa shape index (κ2) is 7.34. The van der Waals surface area contributed by atoms with Crippen LogP contribution in [0.1, 0.15) is 13.3 Å². The number of ether oxygens (including phenoxy) is 1. The summed E-state index contributed by atoms with van der Waals surface area (Å²) in [6, 6.07) is 19.1. The summed E-state index contributed by atoms with van der Waals surface area (Å²) in [6.07, 6.45) is 0.625. The third kappa shape index (κ3) is 3.61. The standard InChI is InChI=1S/C19H19IN2O2/c1-19(17(23)21-14-8-4-2-5-9-14)12-16(13-20)24-18(19)22-15-10-6-3-7-11-15/h2-11,16H,12-13H2,1H3,(H,21,23)/t16-,19+/m1/s1. The van der Waals surface area contributed by atoms with Crippen LogP contribution in [0.25, 0.3) is 0 Å². The third-order valence-electron chi connectivity index (χ3n) is 4.08. The molecular formula is C19H19IN2O2. The molecule has 3 rings (SSSR count). The highest BCUT2D eigenvalue weighted by Crippen LogP contribution is 2.38. The molecule has 0 bridgehead atoms. The molecule has 2 aromatic carbocycles. The van der Waals surface area contributed by atoms with Crippen LogP contribution in [-0.2, 0) is 9.53 Å². The Morgan fingerprint density at radius 2 is 1.83 bits per heavy atom. The first-order chi connectivity index (χ1) is 11.6. The molecule has 1 aliphatic rings. The highest BCUT2D eigenvalue weighted by Gasteiger charge is 2.49. The minimum Gasteiger partial charge on any atom is -0.476 e. The van der Waals surface area contributed by atoms with E-state index in [0.717, 1.165) is 15.8 Å². The Bertz CT molecular complexity index is 734. The predicted molar refractivity (Wildman–Crippen MR) is 105 cm³/mol. The minimum absolute atomic E-state index is 0.000384. The molecule has 0 saturated carbocycles. The maximum atomic E-state index is 12.9. The molecule has 2 aromatic rings. The van der Waals surface area contributed by atoms with Crippen molar-refractivity contribution in [2.24, 2.45) is 10.4 Å². The first-order valence-electron chi connectivity index (χ1n) is 7.85. The lowest BCUT2D eigenvalue weighted by Gasteiger charge is -2.21. The molecule has 4 nitrogen and oxygen atoms in total. The van der Waals surface area contributed by atoms with Crippen LogP contribution >= 0.6 is 22.6 Å². The molecule has 1 fully saturated rings. The zero-order valence-corrected chi connectivity index (χ0v) is 15.6. The number of alkyl halides is 1. The van der Waals surface area contributed by atoms with Crippen molar-refractivity contribution in [3.63, 3.8) is 0 Å². The van der Waals surface area contributed by atoms with E-state index in [4.69, 9.17) is 4.74 Å². The SMILES string of the molecule is C[C@@]1(C(=O)Nc2ccccc2)C[C@H](CI)OC1=Nc1ccccc1. The van der Waals surface area contributed by atoms with Gasteiger partial charge in [0.25, 0.3) is 0 Å². The number of para-hydroxylation sites is 2. The fraction of sp³-hybridized carbons (Fsp3) is 0.263. The van der Waals surface area contributed by atoms with Crippen molar-refractivity contribution in [1.82, 2.24) is 0 Å². The van der Waals surface area contributed by atoms with E-state index in [9.17, 15) is 4.79 Å². The average Bonchev–Trinajstić information content (AvgIpc) is 2.94. The summed E-state index contributed by atoms with van der Waals surface area (Å²) in [6.45, 7) is 1.90. The number of nitrogens with one attached hydrogen (secondary N) is 1. The summed E-state index contributed by atoms with van der Waals surface area (Å²) in [5, 5.41) is 2.98. The van der Waals surface area contributed by atoms with Gasteiger partial charge >= 0.3 is 0 Å². The van der Waals surface area contributed by atoms with Crippen LogP contribution in [0.15, 0.2) is 65.7 Å². The van der Waals surface area contributed by atoms with Crippen LogP contribution in [0.3, 0.4) is 0 Å². The molecule has 0 spiro atoms. The van der Waals surface area contributed by atoms with Gasteiger partial charge in [0.05, 0.1) is 5.69 Å². The summed E-state index contributed by atoms with van der Waals surface area (Å²) in [4.78, 5) is 17.5. The van der Waals surface area contributed by atoms with Crippen molar-refractivity contribution in [2.45, 2.75) is 19.4 Å². The largest absolute Gasteiger partial charge is 0.476 e. The Kier molecular flexibility index (Phi) is 5.18. The predicted octanol–water partition coefficient (Wildman–Crippen LogP) is 4.59. The number of rotatable bonds is 4. The van der Waals surface area contributed by atoms with Gasteiger partial charge in [-0.15, -0.1) is 0 Å². The first-order valence-corrected chi connectivity index (χ1v) is 9.38. The molecule has 1 aliphatic heterocycles. The van der Waals surface area contributed by atoms with E-state index < -0.39 is 5.41 Å². The Labute approximate surface area is 155 Å².